The summed E-state index contributed by atoms with van der Waals surface area (Å²) in [5.74, 6) is 0.928. The minimum absolute atomic E-state index is 0.500. The monoisotopic (exact) mass is 184 g/mol. The second kappa shape index (κ2) is 4.94. The van der Waals surface area contributed by atoms with Gasteiger partial charge in [0.05, 0.1) is 6.10 Å². The lowest BCUT2D eigenvalue weighted by molar-refractivity contribution is 0.109. The lowest BCUT2D eigenvalue weighted by Crippen LogP contribution is -2.43. The predicted molar refractivity (Wildman–Crippen MR) is 52.8 cm³/mol. The largest absolute Gasteiger partial charge is 0.377 e. The van der Waals surface area contributed by atoms with E-state index in [2.05, 4.69) is 10.6 Å². The fraction of sp³-hybridized carbons (Fsp3) is 1.00. The maximum Gasteiger partial charge on any atom is 0.0700 e. The molecule has 0 spiro atoms. The van der Waals surface area contributed by atoms with Crippen LogP contribution in [0.25, 0.3) is 0 Å². The molecule has 0 aromatic rings. The van der Waals surface area contributed by atoms with Crippen LogP contribution >= 0.6 is 0 Å². The van der Waals surface area contributed by atoms with Crippen LogP contribution in [0.15, 0.2) is 0 Å². The third-order valence-electron chi connectivity index (χ3n) is 2.99. The number of rotatable bonds is 5. The van der Waals surface area contributed by atoms with Crippen LogP contribution in [0.3, 0.4) is 0 Å². The maximum atomic E-state index is 5.53. The van der Waals surface area contributed by atoms with Crippen molar-refractivity contribution in [3.63, 3.8) is 0 Å². The smallest absolute Gasteiger partial charge is 0.0700 e. The van der Waals surface area contributed by atoms with Crippen LogP contribution in [0, 0.1) is 5.92 Å². The van der Waals surface area contributed by atoms with Crippen molar-refractivity contribution >= 4 is 0 Å². The van der Waals surface area contributed by atoms with E-state index in [0.29, 0.717) is 6.10 Å². The Labute approximate surface area is 80.2 Å². The Morgan fingerprint density at radius 2 is 2.31 bits per heavy atom. The summed E-state index contributed by atoms with van der Waals surface area (Å²) >= 11 is 0. The topological polar surface area (TPSA) is 33.3 Å². The molecule has 3 heteroatoms. The van der Waals surface area contributed by atoms with Gasteiger partial charge in [0.2, 0.25) is 0 Å². The summed E-state index contributed by atoms with van der Waals surface area (Å²) in [5.41, 5.74) is 0. The molecule has 0 amide bonds. The lowest BCUT2D eigenvalue weighted by Gasteiger charge is -2.27. The summed E-state index contributed by atoms with van der Waals surface area (Å²) in [6.45, 7) is 5.63. The van der Waals surface area contributed by atoms with Gasteiger partial charge in [0, 0.05) is 13.2 Å². The van der Waals surface area contributed by atoms with Crippen molar-refractivity contribution in [1.29, 1.82) is 0 Å². The van der Waals surface area contributed by atoms with E-state index < -0.39 is 0 Å². The molecule has 0 aliphatic carbocycles. The Hall–Kier alpha value is -0.120. The van der Waals surface area contributed by atoms with Crippen LogP contribution in [0.5, 0.6) is 0 Å². The van der Waals surface area contributed by atoms with Crippen molar-refractivity contribution in [1.82, 2.24) is 10.6 Å². The van der Waals surface area contributed by atoms with E-state index in [1.54, 1.807) is 0 Å². The van der Waals surface area contributed by atoms with E-state index in [1.807, 2.05) is 0 Å². The van der Waals surface area contributed by atoms with E-state index in [4.69, 9.17) is 4.74 Å². The molecule has 2 fully saturated rings. The van der Waals surface area contributed by atoms with Crippen molar-refractivity contribution in [2.75, 3.05) is 32.8 Å². The van der Waals surface area contributed by atoms with Crippen LogP contribution in [0.2, 0.25) is 0 Å². The van der Waals surface area contributed by atoms with Gasteiger partial charge in [0.15, 0.2) is 0 Å². The van der Waals surface area contributed by atoms with Crippen LogP contribution in [0.4, 0.5) is 0 Å². The normalized spacial score (nSPS) is 29.1. The maximum absolute atomic E-state index is 5.53. The fourth-order valence-electron chi connectivity index (χ4n) is 1.93. The lowest BCUT2D eigenvalue weighted by atomic mass is 10.00. The first-order chi connectivity index (χ1) is 6.45. The third-order valence-corrected chi connectivity index (χ3v) is 2.99. The molecule has 3 nitrogen and oxygen atoms in total. The molecule has 1 unspecified atom stereocenters. The molecule has 2 rings (SSSR count). The average Bonchev–Trinajstić information content (AvgIpc) is 2.53. The molecule has 0 aromatic heterocycles. The van der Waals surface area contributed by atoms with E-state index in [0.717, 1.165) is 25.6 Å². The van der Waals surface area contributed by atoms with Gasteiger partial charge < -0.3 is 15.4 Å². The van der Waals surface area contributed by atoms with Gasteiger partial charge in [-0.15, -0.1) is 0 Å². The molecular formula is C10H20N2O. The minimum Gasteiger partial charge on any atom is -0.377 e. The summed E-state index contributed by atoms with van der Waals surface area (Å²) in [5, 5.41) is 6.76. The average molecular weight is 184 g/mol. The van der Waals surface area contributed by atoms with Crippen molar-refractivity contribution in [2.45, 2.75) is 25.4 Å². The summed E-state index contributed by atoms with van der Waals surface area (Å²) < 4.78 is 5.53. The molecule has 2 heterocycles. The van der Waals surface area contributed by atoms with Crippen molar-refractivity contribution in [3.05, 3.63) is 0 Å². The highest BCUT2D eigenvalue weighted by molar-refractivity contribution is 4.75. The Bertz CT molecular complexity index is 142. The summed E-state index contributed by atoms with van der Waals surface area (Å²) in [7, 11) is 0. The molecule has 1 atom stereocenters. The minimum atomic E-state index is 0.500. The Morgan fingerprint density at radius 3 is 2.92 bits per heavy atom. The highest BCUT2D eigenvalue weighted by atomic mass is 16.5. The molecule has 2 aliphatic heterocycles. The first-order valence-electron chi connectivity index (χ1n) is 5.48. The second-order valence-electron chi connectivity index (χ2n) is 4.15. The zero-order chi connectivity index (χ0) is 8.93. The van der Waals surface area contributed by atoms with Gasteiger partial charge in [-0.1, -0.05) is 0 Å². The Kier molecular flexibility index (Phi) is 3.58. The summed E-state index contributed by atoms with van der Waals surface area (Å²) in [4.78, 5) is 0. The van der Waals surface area contributed by atoms with Crippen molar-refractivity contribution in [3.8, 4) is 0 Å². The molecule has 13 heavy (non-hydrogen) atoms. The molecule has 0 radical (unpaired) electrons. The van der Waals surface area contributed by atoms with E-state index >= 15 is 0 Å². The quantitative estimate of drug-likeness (QED) is 0.605. The standard InChI is InChI=1S/C10H20N2O/c1-2-10(13-5-1)8-11-4-3-9-6-12-7-9/h9-12H,1-8H2. The fourth-order valence-corrected chi connectivity index (χ4v) is 1.93. The van der Waals surface area contributed by atoms with Gasteiger partial charge in [0.25, 0.3) is 0 Å². The van der Waals surface area contributed by atoms with Crippen LogP contribution in [-0.2, 0) is 4.74 Å². The molecule has 0 saturated carbocycles. The first kappa shape index (κ1) is 9.44. The van der Waals surface area contributed by atoms with Crippen LogP contribution in [0.1, 0.15) is 19.3 Å². The molecule has 0 bridgehead atoms. The van der Waals surface area contributed by atoms with E-state index in [9.17, 15) is 0 Å². The zero-order valence-electron chi connectivity index (χ0n) is 8.22. The van der Waals surface area contributed by atoms with Gasteiger partial charge >= 0.3 is 0 Å². The van der Waals surface area contributed by atoms with Gasteiger partial charge in [0.1, 0.15) is 0 Å². The highest BCUT2D eigenvalue weighted by Crippen LogP contribution is 2.11. The van der Waals surface area contributed by atoms with E-state index in [1.165, 1.54) is 32.4 Å². The number of hydrogen-bond donors (Lipinski definition) is 2. The Balaban J connectivity index is 1.43. The highest BCUT2D eigenvalue weighted by Gasteiger charge is 2.17. The summed E-state index contributed by atoms with van der Waals surface area (Å²) in [6, 6.07) is 0. The molecular weight excluding hydrogens is 164 g/mol. The van der Waals surface area contributed by atoms with Gasteiger partial charge in [-0.2, -0.15) is 0 Å². The molecule has 0 aromatic carbocycles. The predicted octanol–water partition coefficient (Wildman–Crippen LogP) is 0.364. The second-order valence-corrected chi connectivity index (χ2v) is 4.15. The van der Waals surface area contributed by atoms with Gasteiger partial charge in [-0.25, -0.2) is 0 Å². The van der Waals surface area contributed by atoms with Gasteiger partial charge in [-0.3, -0.25) is 0 Å². The van der Waals surface area contributed by atoms with Crippen LogP contribution in [-0.4, -0.2) is 38.9 Å². The molecule has 2 aliphatic rings. The molecule has 2 saturated heterocycles. The SMILES string of the molecule is C1COC(CNCCC2CNC2)C1. The zero-order valence-corrected chi connectivity index (χ0v) is 8.22. The van der Waals surface area contributed by atoms with Crippen LogP contribution < -0.4 is 10.6 Å². The van der Waals surface area contributed by atoms with Crippen molar-refractivity contribution in [2.24, 2.45) is 5.92 Å². The first-order valence-corrected chi connectivity index (χ1v) is 5.48. The summed E-state index contributed by atoms with van der Waals surface area (Å²) in [6.07, 6.45) is 4.32. The van der Waals surface area contributed by atoms with Crippen molar-refractivity contribution < 1.29 is 4.74 Å². The van der Waals surface area contributed by atoms with E-state index in [-0.39, 0.29) is 0 Å². The molecule has 2 N–H and O–H groups in total. The number of ether oxygens (including phenoxy) is 1. The van der Waals surface area contributed by atoms with Gasteiger partial charge in [-0.05, 0) is 44.8 Å². The number of nitrogens with one attached hydrogen (secondary N) is 2. The molecule has 76 valence electrons. The third kappa shape index (κ3) is 2.93. The Morgan fingerprint density at radius 1 is 1.38 bits per heavy atom. The number of hydrogen-bond acceptors (Lipinski definition) is 3.